The van der Waals surface area contributed by atoms with Crippen LogP contribution in [-0.2, 0) is 6.37 Å². The number of hydrogen-bond acceptors (Lipinski definition) is 4. The molecule has 11 aromatic rings. The van der Waals surface area contributed by atoms with E-state index in [0.717, 1.165) is 84.1 Å². The van der Waals surface area contributed by atoms with E-state index in [4.69, 9.17) is 9.72 Å². The first-order chi connectivity index (χ1) is 35.6. The molecule has 0 unspecified atom stereocenters. The molecule has 0 amide bonds. The Bertz CT molecular complexity index is 3810. The molecule has 2 aromatic heterocycles. The minimum absolute atomic E-state index is 0.103. The SMILES string of the molecule is [2H]C([2H])(c1cc(-c2ccccc2)c(N2CN(c3cccc(Oc4ccc5c6ccccc6n(-c6cc(C7c8ccccc8-c8ccccc87)ccn6)c5c4)c3)c3ccccc32)c(-c2ccccc2)c1)C(C)(C)C. The molecule has 1 aliphatic carbocycles. The lowest BCUT2D eigenvalue weighted by Crippen LogP contribution is -2.25. The van der Waals surface area contributed by atoms with Gasteiger partial charge in [0.1, 0.15) is 24.0 Å². The summed E-state index contributed by atoms with van der Waals surface area (Å²) >= 11 is 0. The quantitative estimate of drug-likeness (QED) is 0.144. The van der Waals surface area contributed by atoms with Crippen LogP contribution < -0.4 is 14.5 Å². The van der Waals surface area contributed by atoms with Crippen molar-refractivity contribution < 1.29 is 7.48 Å². The predicted molar refractivity (Wildman–Crippen MR) is 294 cm³/mol. The average molecular weight is 919 g/mol. The molecule has 0 spiro atoms. The molecule has 342 valence electrons. The molecule has 3 heterocycles. The zero-order valence-electron chi connectivity index (χ0n) is 41.9. The van der Waals surface area contributed by atoms with Crippen molar-refractivity contribution in [2.24, 2.45) is 5.41 Å². The number of nitrogens with zero attached hydrogens (tertiary/aromatic N) is 4. The Labute approximate surface area is 418 Å². The van der Waals surface area contributed by atoms with Crippen LogP contribution in [0.4, 0.5) is 22.7 Å². The lowest BCUT2D eigenvalue weighted by atomic mass is 9.84. The molecule has 71 heavy (non-hydrogen) atoms. The second-order valence-corrected chi connectivity index (χ2v) is 19.7. The van der Waals surface area contributed by atoms with E-state index in [2.05, 4.69) is 221 Å². The molecule has 0 radical (unpaired) electrons. The van der Waals surface area contributed by atoms with Gasteiger partial charge in [0.05, 0.1) is 28.1 Å². The van der Waals surface area contributed by atoms with Gasteiger partial charge >= 0.3 is 0 Å². The summed E-state index contributed by atoms with van der Waals surface area (Å²) in [5.41, 5.74) is 16.7. The van der Waals surface area contributed by atoms with Crippen molar-refractivity contribution in [3.63, 3.8) is 0 Å². The van der Waals surface area contributed by atoms with Crippen molar-refractivity contribution in [1.29, 1.82) is 0 Å². The number of pyridine rings is 1. The molecule has 13 rings (SSSR count). The summed E-state index contributed by atoms with van der Waals surface area (Å²) < 4.78 is 28.1. The Balaban J connectivity index is 0.881. The Morgan fingerprint density at radius 3 is 1.80 bits per heavy atom. The van der Waals surface area contributed by atoms with Gasteiger partial charge in [-0.05, 0) is 123 Å². The van der Waals surface area contributed by atoms with Gasteiger partial charge in [-0.1, -0.05) is 166 Å². The molecule has 0 fully saturated rings. The van der Waals surface area contributed by atoms with Gasteiger partial charge in [0.15, 0.2) is 0 Å². The maximum Gasteiger partial charge on any atom is 0.137 e. The van der Waals surface area contributed by atoms with Crippen molar-refractivity contribution in [3.05, 3.63) is 253 Å². The highest BCUT2D eigenvalue weighted by molar-refractivity contribution is 6.09. The summed E-state index contributed by atoms with van der Waals surface area (Å²) in [5, 5.41) is 2.28. The fourth-order valence-electron chi connectivity index (χ4n) is 11.1. The maximum atomic E-state index is 9.50. The number of aromatic nitrogens is 2. The van der Waals surface area contributed by atoms with Crippen LogP contribution in [0.15, 0.2) is 231 Å². The molecule has 2 aliphatic rings. The van der Waals surface area contributed by atoms with Gasteiger partial charge in [0.25, 0.3) is 0 Å². The highest BCUT2D eigenvalue weighted by atomic mass is 16.5. The zero-order chi connectivity index (χ0) is 49.4. The standard InChI is InChI=1S/C66H52N4O/c1-66(2,3)42-44-37-57(45-19-6-4-7-20-45)65(58(38-44)46-21-8-5-9-22-46)69-43-68(60-31-16-17-32-61(60)69)48-23-18-24-49(40-48)71-50-33-34-54-53-27-14-15-30-59(53)70(62(54)41-50)63-39-47(35-36-67-63)64-55-28-12-10-25-51(55)52-26-11-13-29-56(52)64/h4-41,64H,42-43H2,1-3H3/i42D2. The fourth-order valence-corrected chi connectivity index (χ4v) is 11.1. The largest absolute Gasteiger partial charge is 0.457 e. The lowest BCUT2D eigenvalue weighted by molar-refractivity contribution is 0.411. The monoisotopic (exact) mass is 918 g/mol. The molecular weight excluding hydrogens is 865 g/mol. The first-order valence-corrected chi connectivity index (χ1v) is 24.5. The van der Waals surface area contributed by atoms with E-state index in [-0.39, 0.29) is 5.92 Å². The molecule has 1 aliphatic heterocycles. The fraction of sp³-hybridized carbons (Fsp3) is 0.106. The van der Waals surface area contributed by atoms with Crippen LogP contribution in [0.3, 0.4) is 0 Å². The summed E-state index contributed by atoms with van der Waals surface area (Å²) in [6, 6.07) is 78.8. The molecule has 0 bridgehead atoms. The van der Waals surface area contributed by atoms with Crippen LogP contribution in [0.2, 0.25) is 0 Å². The van der Waals surface area contributed by atoms with Gasteiger partial charge in [-0.15, -0.1) is 0 Å². The van der Waals surface area contributed by atoms with Crippen LogP contribution >= 0.6 is 0 Å². The van der Waals surface area contributed by atoms with E-state index in [1.165, 1.54) is 27.8 Å². The van der Waals surface area contributed by atoms with Crippen LogP contribution in [0.5, 0.6) is 11.5 Å². The molecule has 0 saturated heterocycles. The van der Waals surface area contributed by atoms with Crippen molar-refractivity contribution in [3.8, 4) is 50.7 Å². The molecule has 5 heteroatoms. The van der Waals surface area contributed by atoms with E-state index in [1.54, 1.807) is 0 Å². The number of rotatable bonds is 9. The first kappa shape index (κ1) is 40.2. The lowest BCUT2D eigenvalue weighted by Gasteiger charge is -2.29. The van der Waals surface area contributed by atoms with Crippen molar-refractivity contribution >= 4 is 44.6 Å². The smallest absolute Gasteiger partial charge is 0.137 e. The average Bonchev–Trinajstić information content (AvgIpc) is 4.09. The van der Waals surface area contributed by atoms with E-state index in [0.29, 0.717) is 12.2 Å². The zero-order valence-corrected chi connectivity index (χ0v) is 39.9. The van der Waals surface area contributed by atoms with E-state index in [1.807, 2.05) is 45.2 Å². The number of hydrogen-bond donors (Lipinski definition) is 0. The topological polar surface area (TPSA) is 33.5 Å². The molecular formula is C66H52N4O. The van der Waals surface area contributed by atoms with Crippen LogP contribution in [0, 0.1) is 5.41 Å². The minimum atomic E-state index is -1.62. The summed E-state index contributed by atoms with van der Waals surface area (Å²) in [6.07, 6.45) is 0.331. The predicted octanol–water partition coefficient (Wildman–Crippen LogP) is 17.3. The summed E-state index contributed by atoms with van der Waals surface area (Å²) in [5.74, 6) is 2.40. The van der Waals surface area contributed by atoms with Crippen LogP contribution in [0.25, 0.3) is 61.0 Å². The van der Waals surface area contributed by atoms with E-state index >= 15 is 0 Å². The number of fused-ring (bicyclic) bond motifs is 7. The van der Waals surface area contributed by atoms with Gasteiger partial charge in [-0.25, -0.2) is 4.98 Å². The molecule has 0 saturated carbocycles. The van der Waals surface area contributed by atoms with Gasteiger partial charge < -0.3 is 14.5 Å². The third-order valence-corrected chi connectivity index (χ3v) is 14.0. The highest BCUT2D eigenvalue weighted by Gasteiger charge is 2.33. The van der Waals surface area contributed by atoms with Gasteiger partial charge in [-0.3, -0.25) is 4.57 Å². The number of para-hydroxylation sites is 3. The molecule has 0 atom stereocenters. The van der Waals surface area contributed by atoms with E-state index in [9.17, 15) is 2.74 Å². The molecule has 9 aromatic carbocycles. The second-order valence-electron chi connectivity index (χ2n) is 19.7. The Hall–Kier alpha value is -8.67. The molecule has 0 N–H and O–H groups in total. The third-order valence-electron chi connectivity index (χ3n) is 14.0. The number of anilines is 4. The second kappa shape index (κ2) is 17.1. The maximum absolute atomic E-state index is 9.50. The van der Waals surface area contributed by atoms with Crippen molar-refractivity contribution in [2.75, 3.05) is 16.5 Å². The summed E-state index contributed by atoms with van der Waals surface area (Å²) in [6.45, 7) is 6.44. The summed E-state index contributed by atoms with van der Waals surface area (Å²) in [4.78, 5) is 9.78. The Morgan fingerprint density at radius 1 is 0.521 bits per heavy atom. The highest BCUT2D eigenvalue weighted by Crippen LogP contribution is 2.52. The Kier molecular flexibility index (Phi) is 9.68. The molecule has 5 nitrogen and oxygen atoms in total. The summed E-state index contributed by atoms with van der Waals surface area (Å²) in [7, 11) is 0. The van der Waals surface area contributed by atoms with Crippen molar-refractivity contribution in [1.82, 2.24) is 9.55 Å². The van der Waals surface area contributed by atoms with Crippen LogP contribution in [0.1, 0.15) is 51.7 Å². The van der Waals surface area contributed by atoms with Gasteiger partial charge in [0.2, 0.25) is 0 Å². The van der Waals surface area contributed by atoms with Crippen LogP contribution in [-0.4, -0.2) is 16.2 Å². The normalized spacial score (nSPS) is 13.8. The Morgan fingerprint density at radius 2 is 1.11 bits per heavy atom. The van der Waals surface area contributed by atoms with E-state index < -0.39 is 11.8 Å². The van der Waals surface area contributed by atoms with Gasteiger partial charge in [0, 0.05) is 54.6 Å². The first-order valence-electron chi connectivity index (χ1n) is 25.5. The van der Waals surface area contributed by atoms with Crippen molar-refractivity contribution in [2.45, 2.75) is 33.1 Å². The minimum Gasteiger partial charge on any atom is -0.457 e. The van der Waals surface area contributed by atoms with Gasteiger partial charge in [-0.2, -0.15) is 0 Å². The number of benzene rings is 9. The third kappa shape index (κ3) is 7.53. The number of ether oxygens (including phenoxy) is 1.